The lowest BCUT2D eigenvalue weighted by molar-refractivity contribution is -0.118. The fourth-order valence-corrected chi connectivity index (χ4v) is 1.88. The van der Waals surface area contributed by atoms with Crippen LogP contribution in [0, 0.1) is 0 Å². The summed E-state index contributed by atoms with van der Waals surface area (Å²) in [5.74, 6) is -0.485. The van der Waals surface area contributed by atoms with Crippen molar-refractivity contribution in [2.24, 2.45) is 0 Å². The molecule has 0 bridgehead atoms. The highest BCUT2D eigenvalue weighted by molar-refractivity contribution is 5.86. The largest absolute Gasteiger partial charge is 0.388 e. The lowest BCUT2D eigenvalue weighted by Crippen LogP contribution is -2.41. The molecule has 1 aromatic heterocycles. The van der Waals surface area contributed by atoms with Gasteiger partial charge in [0.15, 0.2) is 0 Å². The molecule has 1 aromatic carbocycles. The molecule has 0 unspecified atom stereocenters. The van der Waals surface area contributed by atoms with Crippen molar-refractivity contribution in [3.8, 4) is 5.69 Å². The molecular weight excluding hydrogens is 300 g/mol. The van der Waals surface area contributed by atoms with E-state index in [-0.39, 0.29) is 12.2 Å². The van der Waals surface area contributed by atoms with Crippen LogP contribution in [-0.2, 0) is 4.79 Å². The van der Waals surface area contributed by atoms with Crippen molar-refractivity contribution in [2.75, 3.05) is 6.54 Å². The van der Waals surface area contributed by atoms with Gasteiger partial charge in [0.25, 0.3) is 0 Å². The molecule has 0 saturated carbocycles. The minimum absolute atomic E-state index is 0.107. The molecule has 2 rings (SSSR count). The third kappa shape index (κ3) is 4.22. The predicted octanol–water partition coefficient (Wildman–Crippen LogP) is -0.675. The van der Waals surface area contributed by atoms with Crippen molar-refractivity contribution >= 4 is 5.91 Å². The lowest BCUT2D eigenvalue weighted by atomic mass is 10.1. The summed E-state index contributed by atoms with van der Waals surface area (Å²) in [7, 11) is 0. The number of para-hydroxylation sites is 1. The van der Waals surface area contributed by atoms with E-state index in [1.807, 2.05) is 18.2 Å². The highest BCUT2D eigenvalue weighted by Gasteiger charge is 2.28. The monoisotopic (exact) mass is 318 g/mol. The molecule has 1 amide bonds. The Hall–Kier alpha value is -2.55. The first kappa shape index (κ1) is 16.8. The number of aromatic nitrogens is 3. The Labute approximate surface area is 132 Å². The molecule has 122 valence electrons. The fourth-order valence-electron chi connectivity index (χ4n) is 1.88. The number of benzene rings is 1. The Morgan fingerprint density at radius 3 is 2.65 bits per heavy atom. The zero-order valence-electron chi connectivity index (χ0n) is 12.3. The van der Waals surface area contributed by atoms with Gasteiger partial charge in [-0.15, -0.1) is 0 Å². The van der Waals surface area contributed by atoms with Crippen LogP contribution in [0.15, 0.2) is 49.2 Å². The second-order valence-electron chi connectivity index (χ2n) is 4.85. The number of hydrogen-bond donors (Lipinski definition) is 4. The van der Waals surface area contributed by atoms with Crippen LogP contribution in [-0.4, -0.2) is 55.0 Å². The summed E-state index contributed by atoms with van der Waals surface area (Å²) in [6, 6.07) is 9.05. The summed E-state index contributed by atoms with van der Waals surface area (Å²) in [5, 5.41) is 40.3. The Bertz CT molecular complexity index is 659. The van der Waals surface area contributed by atoms with Crippen molar-refractivity contribution in [1.29, 1.82) is 0 Å². The standard InChI is InChI=1S/C15H18N4O4/c1-2-13(21)16-9-12(20)15(23)14(22)11-8-17-19(18-11)10-6-4-3-5-7-10/h2-8,12,14-15,20,22-23H,1,9H2,(H,16,21)/t12-,14-,15+/m1/s1. The summed E-state index contributed by atoms with van der Waals surface area (Å²) in [5.41, 5.74) is 0.801. The van der Waals surface area contributed by atoms with Crippen LogP contribution in [0.3, 0.4) is 0 Å². The van der Waals surface area contributed by atoms with Crippen LogP contribution in [0.25, 0.3) is 5.69 Å². The molecule has 0 aliphatic carbocycles. The molecule has 8 nitrogen and oxygen atoms in total. The summed E-state index contributed by atoms with van der Waals surface area (Å²) in [6.45, 7) is 3.04. The molecule has 8 heteroatoms. The molecule has 0 radical (unpaired) electrons. The second kappa shape index (κ2) is 7.63. The molecule has 1 heterocycles. The Balaban J connectivity index is 2.02. The maximum absolute atomic E-state index is 11.0. The van der Waals surface area contributed by atoms with E-state index in [0.29, 0.717) is 5.69 Å². The molecule has 4 N–H and O–H groups in total. The van der Waals surface area contributed by atoms with E-state index < -0.39 is 24.2 Å². The van der Waals surface area contributed by atoms with Crippen LogP contribution in [0.4, 0.5) is 0 Å². The van der Waals surface area contributed by atoms with Crippen molar-refractivity contribution in [3.63, 3.8) is 0 Å². The maximum atomic E-state index is 11.0. The van der Waals surface area contributed by atoms with E-state index in [1.54, 1.807) is 12.1 Å². The topological polar surface area (TPSA) is 121 Å². The lowest BCUT2D eigenvalue weighted by Gasteiger charge is -2.21. The SMILES string of the molecule is C=CC(=O)NC[C@@H](O)[C@H](O)[C@H](O)c1cnn(-c2ccccc2)n1. The zero-order valence-corrected chi connectivity index (χ0v) is 12.3. The summed E-state index contributed by atoms with van der Waals surface area (Å²) in [4.78, 5) is 12.3. The number of nitrogens with one attached hydrogen (secondary N) is 1. The van der Waals surface area contributed by atoms with Crippen LogP contribution in [0.5, 0.6) is 0 Å². The number of aliphatic hydroxyl groups excluding tert-OH is 3. The van der Waals surface area contributed by atoms with E-state index in [4.69, 9.17) is 0 Å². The van der Waals surface area contributed by atoms with Crippen LogP contribution >= 0.6 is 0 Å². The smallest absolute Gasteiger partial charge is 0.243 e. The maximum Gasteiger partial charge on any atom is 0.243 e. The number of amides is 1. The van der Waals surface area contributed by atoms with Crippen molar-refractivity contribution in [1.82, 2.24) is 20.3 Å². The van der Waals surface area contributed by atoms with Crippen molar-refractivity contribution in [3.05, 3.63) is 54.9 Å². The first-order valence-electron chi connectivity index (χ1n) is 6.95. The van der Waals surface area contributed by atoms with E-state index in [0.717, 1.165) is 6.08 Å². The predicted molar refractivity (Wildman–Crippen MR) is 81.5 cm³/mol. The first-order valence-corrected chi connectivity index (χ1v) is 6.95. The molecule has 0 saturated heterocycles. The molecule has 2 aromatic rings. The number of carbonyl (C=O) groups is 1. The average Bonchev–Trinajstić information content (AvgIpc) is 3.08. The van der Waals surface area contributed by atoms with Gasteiger partial charge in [-0.3, -0.25) is 4.79 Å². The number of nitrogens with zero attached hydrogens (tertiary/aromatic N) is 3. The molecular formula is C15H18N4O4. The van der Waals surface area contributed by atoms with E-state index in [9.17, 15) is 20.1 Å². The van der Waals surface area contributed by atoms with E-state index in [1.165, 1.54) is 11.0 Å². The van der Waals surface area contributed by atoms with Gasteiger partial charge in [0.1, 0.15) is 24.0 Å². The Morgan fingerprint density at radius 2 is 2.00 bits per heavy atom. The van der Waals surface area contributed by atoms with Gasteiger partial charge >= 0.3 is 0 Å². The molecule has 0 fully saturated rings. The number of rotatable bonds is 7. The summed E-state index contributed by atoms with van der Waals surface area (Å²) in [6.07, 6.45) is -1.99. The number of carbonyl (C=O) groups excluding carboxylic acids is 1. The Morgan fingerprint density at radius 1 is 1.30 bits per heavy atom. The minimum atomic E-state index is -1.53. The number of hydrogen-bond acceptors (Lipinski definition) is 6. The zero-order chi connectivity index (χ0) is 16.8. The second-order valence-corrected chi connectivity index (χ2v) is 4.85. The summed E-state index contributed by atoms with van der Waals surface area (Å²) < 4.78 is 0. The summed E-state index contributed by atoms with van der Waals surface area (Å²) >= 11 is 0. The third-order valence-electron chi connectivity index (χ3n) is 3.19. The van der Waals surface area contributed by atoms with Gasteiger partial charge < -0.3 is 20.6 Å². The highest BCUT2D eigenvalue weighted by Crippen LogP contribution is 2.17. The first-order chi connectivity index (χ1) is 11.0. The molecule has 0 spiro atoms. The van der Waals surface area contributed by atoms with Gasteiger partial charge in [-0.1, -0.05) is 24.8 Å². The molecule has 0 aliphatic heterocycles. The third-order valence-corrected chi connectivity index (χ3v) is 3.19. The van der Waals surface area contributed by atoms with Gasteiger partial charge in [0.2, 0.25) is 5.91 Å². The molecule has 3 atom stereocenters. The normalized spacial score (nSPS) is 14.7. The van der Waals surface area contributed by atoms with Gasteiger partial charge in [-0.05, 0) is 18.2 Å². The van der Waals surface area contributed by atoms with Crippen molar-refractivity contribution in [2.45, 2.75) is 18.3 Å². The molecule has 0 aliphatic rings. The van der Waals surface area contributed by atoms with Gasteiger partial charge in [0.05, 0.1) is 11.9 Å². The van der Waals surface area contributed by atoms with Gasteiger partial charge in [-0.2, -0.15) is 15.0 Å². The average molecular weight is 318 g/mol. The van der Waals surface area contributed by atoms with Gasteiger partial charge in [0, 0.05) is 6.54 Å². The molecule has 23 heavy (non-hydrogen) atoms. The van der Waals surface area contributed by atoms with E-state index in [2.05, 4.69) is 22.1 Å². The van der Waals surface area contributed by atoms with Crippen LogP contribution < -0.4 is 5.32 Å². The van der Waals surface area contributed by atoms with Crippen molar-refractivity contribution < 1.29 is 20.1 Å². The number of aliphatic hydroxyl groups is 3. The quantitative estimate of drug-likeness (QED) is 0.502. The fraction of sp³-hybridized carbons (Fsp3) is 0.267. The highest BCUT2D eigenvalue weighted by atomic mass is 16.4. The van der Waals surface area contributed by atoms with E-state index >= 15 is 0 Å². The Kier molecular flexibility index (Phi) is 5.58. The van der Waals surface area contributed by atoms with Crippen LogP contribution in [0.1, 0.15) is 11.8 Å². The minimum Gasteiger partial charge on any atom is -0.388 e. The van der Waals surface area contributed by atoms with Gasteiger partial charge in [-0.25, -0.2) is 0 Å². The van der Waals surface area contributed by atoms with Crippen LogP contribution in [0.2, 0.25) is 0 Å².